The highest BCUT2D eigenvalue weighted by molar-refractivity contribution is 4.99. The van der Waals surface area contributed by atoms with Crippen LogP contribution >= 0.6 is 0 Å². The van der Waals surface area contributed by atoms with Crippen molar-refractivity contribution in [3.8, 4) is 0 Å². The van der Waals surface area contributed by atoms with E-state index in [0.717, 1.165) is 12.1 Å². The zero-order chi connectivity index (χ0) is 13.4. The second-order valence-corrected chi connectivity index (χ2v) is 7.59. The van der Waals surface area contributed by atoms with E-state index in [2.05, 4.69) is 44.8 Å². The number of nitrogens with one attached hydrogen (secondary N) is 1. The maximum atomic E-state index is 3.78. The number of rotatable bonds is 3. The van der Waals surface area contributed by atoms with Crippen LogP contribution in [0.25, 0.3) is 0 Å². The van der Waals surface area contributed by atoms with Crippen LogP contribution in [0.4, 0.5) is 0 Å². The van der Waals surface area contributed by atoms with Gasteiger partial charge in [-0.3, -0.25) is 4.90 Å². The maximum absolute atomic E-state index is 3.78. The summed E-state index contributed by atoms with van der Waals surface area (Å²) in [6, 6.07) is 1.58. The molecule has 106 valence electrons. The van der Waals surface area contributed by atoms with E-state index < -0.39 is 0 Å². The monoisotopic (exact) mass is 252 g/mol. The van der Waals surface area contributed by atoms with Gasteiger partial charge in [0.2, 0.25) is 0 Å². The predicted octanol–water partition coefficient (Wildman–Crippen LogP) is 3.42. The molecule has 0 aromatic rings. The van der Waals surface area contributed by atoms with Gasteiger partial charge in [0.05, 0.1) is 0 Å². The van der Waals surface area contributed by atoms with E-state index in [0.29, 0.717) is 11.0 Å². The Morgan fingerprint density at radius 1 is 1.22 bits per heavy atom. The molecule has 3 atom stereocenters. The van der Waals surface area contributed by atoms with Gasteiger partial charge in [-0.05, 0) is 44.4 Å². The Hall–Kier alpha value is -0.0800. The van der Waals surface area contributed by atoms with Crippen LogP contribution in [0.5, 0.6) is 0 Å². The standard InChI is InChI=1S/C16H32N2/c1-6-13-11-17-16(5,7-2)12-18(13)14-8-9-15(3,4)10-14/h13-14,17H,6-12H2,1-5H3. The Morgan fingerprint density at radius 3 is 2.44 bits per heavy atom. The minimum atomic E-state index is 0.332. The molecule has 2 fully saturated rings. The molecule has 2 nitrogen and oxygen atoms in total. The first-order valence-corrected chi connectivity index (χ1v) is 7.90. The van der Waals surface area contributed by atoms with Crippen molar-refractivity contribution >= 4 is 0 Å². The van der Waals surface area contributed by atoms with Crippen LogP contribution < -0.4 is 5.32 Å². The van der Waals surface area contributed by atoms with Crippen LogP contribution in [0.3, 0.4) is 0 Å². The number of piperazine rings is 1. The fourth-order valence-corrected chi connectivity index (χ4v) is 3.79. The van der Waals surface area contributed by atoms with Gasteiger partial charge in [0.25, 0.3) is 0 Å². The Labute approximate surface area is 114 Å². The molecule has 2 aliphatic rings. The van der Waals surface area contributed by atoms with Crippen molar-refractivity contribution in [2.24, 2.45) is 5.41 Å². The summed E-state index contributed by atoms with van der Waals surface area (Å²) in [6.45, 7) is 14.3. The average molecular weight is 252 g/mol. The molecule has 2 heteroatoms. The molecular formula is C16H32N2. The van der Waals surface area contributed by atoms with Gasteiger partial charge in [0, 0.05) is 30.7 Å². The van der Waals surface area contributed by atoms with E-state index >= 15 is 0 Å². The van der Waals surface area contributed by atoms with Crippen LogP contribution in [0.1, 0.15) is 66.7 Å². The Bertz CT molecular complexity index is 287. The molecule has 1 aliphatic heterocycles. The topological polar surface area (TPSA) is 15.3 Å². The quantitative estimate of drug-likeness (QED) is 0.828. The first-order chi connectivity index (χ1) is 8.39. The molecule has 1 N–H and O–H groups in total. The normalized spacial score (nSPS) is 41.2. The molecule has 0 bridgehead atoms. The third-order valence-corrected chi connectivity index (χ3v) is 5.43. The predicted molar refractivity (Wildman–Crippen MR) is 78.9 cm³/mol. The van der Waals surface area contributed by atoms with Crippen molar-refractivity contribution in [1.82, 2.24) is 10.2 Å². The van der Waals surface area contributed by atoms with Gasteiger partial charge in [0.1, 0.15) is 0 Å². The fourth-order valence-electron chi connectivity index (χ4n) is 3.79. The van der Waals surface area contributed by atoms with Crippen LogP contribution in [0, 0.1) is 5.41 Å². The van der Waals surface area contributed by atoms with Gasteiger partial charge in [-0.15, -0.1) is 0 Å². The third-order valence-electron chi connectivity index (χ3n) is 5.43. The summed E-state index contributed by atoms with van der Waals surface area (Å²) < 4.78 is 0. The molecule has 0 radical (unpaired) electrons. The summed E-state index contributed by atoms with van der Waals surface area (Å²) in [5.74, 6) is 0. The summed E-state index contributed by atoms with van der Waals surface area (Å²) >= 11 is 0. The zero-order valence-corrected chi connectivity index (χ0v) is 13.1. The molecule has 2 rings (SSSR count). The van der Waals surface area contributed by atoms with Gasteiger partial charge < -0.3 is 5.32 Å². The fraction of sp³-hybridized carbons (Fsp3) is 1.00. The molecule has 0 spiro atoms. The van der Waals surface area contributed by atoms with Crippen molar-refractivity contribution < 1.29 is 0 Å². The summed E-state index contributed by atoms with van der Waals surface area (Å²) in [6.07, 6.45) is 6.72. The van der Waals surface area contributed by atoms with E-state index in [-0.39, 0.29) is 0 Å². The average Bonchev–Trinajstić information content (AvgIpc) is 2.70. The van der Waals surface area contributed by atoms with Gasteiger partial charge in [0.15, 0.2) is 0 Å². The Balaban J connectivity index is 2.07. The maximum Gasteiger partial charge on any atom is 0.0278 e. The van der Waals surface area contributed by atoms with Gasteiger partial charge in [-0.2, -0.15) is 0 Å². The molecule has 0 amide bonds. The summed E-state index contributed by atoms with van der Waals surface area (Å²) in [7, 11) is 0. The molecule has 0 aromatic carbocycles. The van der Waals surface area contributed by atoms with Gasteiger partial charge in [-0.25, -0.2) is 0 Å². The zero-order valence-electron chi connectivity index (χ0n) is 13.1. The molecule has 1 heterocycles. The molecule has 0 aromatic heterocycles. The smallest absolute Gasteiger partial charge is 0.0278 e. The number of nitrogens with zero attached hydrogens (tertiary/aromatic N) is 1. The second-order valence-electron chi connectivity index (χ2n) is 7.59. The lowest BCUT2D eigenvalue weighted by molar-refractivity contribution is 0.0422. The van der Waals surface area contributed by atoms with Crippen molar-refractivity contribution in [2.45, 2.75) is 84.3 Å². The largest absolute Gasteiger partial charge is 0.309 e. The summed E-state index contributed by atoms with van der Waals surface area (Å²) in [5.41, 5.74) is 0.898. The third kappa shape index (κ3) is 2.91. The van der Waals surface area contributed by atoms with Gasteiger partial charge in [-0.1, -0.05) is 27.7 Å². The van der Waals surface area contributed by atoms with E-state index in [1.54, 1.807) is 0 Å². The highest BCUT2D eigenvalue weighted by atomic mass is 15.3. The molecular weight excluding hydrogens is 220 g/mol. The number of hydrogen-bond acceptors (Lipinski definition) is 2. The lowest BCUT2D eigenvalue weighted by atomic mass is 9.89. The minimum Gasteiger partial charge on any atom is -0.309 e. The van der Waals surface area contributed by atoms with E-state index in [1.165, 1.54) is 45.2 Å². The Morgan fingerprint density at radius 2 is 1.94 bits per heavy atom. The van der Waals surface area contributed by atoms with Crippen molar-refractivity contribution in [3.05, 3.63) is 0 Å². The lowest BCUT2D eigenvalue weighted by Crippen LogP contribution is -2.64. The molecule has 3 unspecified atom stereocenters. The van der Waals surface area contributed by atoms with Crippen molar-refractivity contribution in [3.63, 3.8) is 0 Å². The van der Waals surface area contributed by atoms with Crippen molar-refractivity contribution in [2.75, 3.05) is 13.1 Å². The first-order valence-electron chi connectivity index (χ1n) is 7.90. The molecule has 1 aliphatic carbocycles. The minimum absolute atomic E-state index is 0.332. The van der Waals surface area contributed by atoms with Crippen LogP contribution in [-0.2, 0) is 0 Å². The summed E-state index contributed by atoms with van der Waals surface area (Å²) in [4.78, 5) is 2.84. The van der Waals surface area contributed by atoms with E-state index in [1.807, 2.05) is 0 Å². The second kappa shape index (κ2) is 5.13. The highest BCUT2D eigenvalue weighted by Crippen LogP contribution is 2.41. The lowest BCUT2D eigenvalue weighted by Gasteiger charge is -2.48. The molecule has 1 saturated heterocycles. The Kier molecular flexibility index (Phi) is 4.08. The van der Waals surface area contributed by atoms with Gasteiger partial charge >= 0.3 is 0 Å². The van der Waals surface area contributed by atoms with E-state index in [4.69, 9.17) is 0 Å². The van der Waals surface area contributed by atoms with Crippen LogP contribution in [0.2, 0.25) is 0 Å². The highest BCUT2D eigenvalue weighted by Gasteiger charge is 2.41. The van der Waals surface area contributed by atoms with E-state index in [9.17, 15) is 0 Å². The van der Waals surface area contributed by atoms with Crippen molar-refractivity contribution in [1.29, 1.82) is 0 Å². The van der Waals surface area contributed by atoms with Crippen LogP contribution in [0.15, 0.2) is 0 Å². The molecule has 1 saturated carbocycles. The number of hydrogen-bond donors (Lipinski definition) is 1. The van der Waals surface area contributed by atoms with Crippen LogP contribution in [-0.4, -0.2) is 35.6 Å². The SMILES string of the molecule is CCC1CNC(C)(CC)CN1C1CCC(C)(C)C1. The summed E-state index contributed by atoms with van der Waals surface area (Å²) in [5, 5.41) is 3.78. The first kappa shape index (κ1) is 14.3. The molecule has 18 heavy (non-hydrogen) atoms.